The first-order chi connectivity index (χ1) is 7.04. The maximum atomic E-state index is 13.0. The van der Waals surface area contributed by atoms with Crippen LogP contribution in [0.3, 0.4) is 0 Å². The lowest BCUT2D eigenvalue weighted by Crippen LogP contribution is -2.30. The molecule has 1 amide bonds. The Morgan fingerprint density at radius 3 is 2.56 bits per heavy atom. The van der Waals surface area contributed by atoms with E-state index in [9.17, 15) is 9.18 Å². The number of halogens is 2. The van der Waals surface area contributed by atoms with Gasteiger partial charge in [-0.3, -0.25) is 4.79 Å². The predicted molar refractivity (Wildman–Crippen MR) is 65.6 cm³/mol. The molecule has 1 aromatic carbocycles. The number of carbonyl (C=O) groups excluding carboxylic acids is 1. The first-order valence-corrected chi connectivity index (χ1v) is 5.14. The van der Waals surface area contributed by atoms with E-state index >= 15 is 0 Å². The second kappa shape index (κ2) is 6.48. The van der Waals surface area contributed by atoms with Crippen molar-refractivity contribution in [1.82, 2.24) is 5.32 Å². The molecule has 1 rings (SSSR count). The molecule has 1 aromatic rings. The summed E-state index contributed by atoms with van der Waals surface area (Å²) in [6.45, 7) is 5.70. The Morgan fingerprint density at radius 1 is 1.44 bits per heavy atom. The van der Waals surface area contributed by atoms with Gasteiger partial charge in [-0.25, -0.2) is 4.39 Å². The summed E-state index contributed by atoms with van der Waals surface area (Å²) in [5.41, 5.74) is 1.31. The number of aryl methyl sites for hydroxylation is 1. The number of rotatable bonds is 3. The first-order valence-electron chi connectivity index (χ1n) is 5.14. The molecule has 0 spiro atoms. The van der Waals surface area contributed by atoms with Crippen molar-refractivity contribution in [3.05, 3.63) is 35.1 Å². The first kappa shape index (κ1) is 14.9. The normalized spacial score (nSPS) is 9.81. The van der Waals surface area contributed by atoms with Gasteiger partial charge < -0.3 is 5.32 Å². The van der Waals surface area contributed by atoms with Crippen LogP contribution in [0.25, 0.3) is 0 Å². The number of hydrogen-bond acceptors (Lipinski definition) is 1. The molecular formula is C12H17ClFNO. The molecule has 0 bridgehead atoms. The highest BCUT2D eigenvalue weighted by molar-refractivity contribution is 5.95. The molecule has 90 valence electrons. The molecule has 0 saturated carbocycles. The van der Waals surface area contributed by atoms with E-state index < -0.39 is 0 Å². The van der Waals surface area contributed by atoms with Crippen LogP contribution in [0.2, 0.25) is 0 Å². The van der Waals surface area contributed by atoms with Gasteiger partial charge in [0.1, 0.15) is 5.82 Å². The maximum Gasteiger partial charge on any atom is 0.251 e. The van der Waals surface area contributed by atoms with Crippen LogP contribution in [-0.2, 0) is 6.42 Å². The van der Waals surface area contributed by atoms with Crippen molar-refractivity contribution in [1.29, 1.82) is 0 Å². The third kappa shape index (κ3) is 3.81. The molecular weight excluding hydrogens is 229 g/mol. The molecule has 0 aliphatic carbocycles. The fraction of sp³-hybridized carbons (Fsp3) is 0.417. The molecule has 0 radical (unpaired) electrons. The van der Waals surface area contributed by atoms with Crippen LogP contribution in [-0.4, -0.2) is 11.9 Å². The van der Waals surface area contributed by atoms with E-state index in [0.717, 1.165) is 12.0 Å². The number of benzene rings is 1. The third-order valence-electron chi connectivity index (χ3n) is 2.12. The Kier molecular flexibility index (Phi) is 6.04. The average Bonchev–Trinajstić information content (AvgIpc) is 2.16. The monoisotopic (exact) mass is 245 g/mol. The summed E-state index contributed by atoms with van der Waals surface area (Å²) in [5, 5.41) is 2.76. The lowest BCUT2D eigenvalue weighted by Gasteiger charge is -2.11. The van der Waals surface area contributed by atoms with Gasteiger partial charge >= 0.3 is 0 Å². The van der Waals surface area contributed by atoms with Gasteiger partial charge in [-0.1, -0.05) is 13.0 Å². The van der Waals surface area contributed by atoms with Gasteiger partial charge in [0.25, 0.3) is 5.91 Å². The smallest absolute Gasteiger partial charge is 0.251 e. The standard InChI is InChI=1S/C12H16FNO.ClH/c1-4-9-5-6-10(13)7-11(9)12(15)14-8(2)3;/h5-8H,4H2,1-3H3,(H,14,15);1H. The second-order valence-electron chi connectivity index (χ2n) is 3.78. The minimum Gasteiger partial charge on any atom is -0.350 e. The summed E-state index contributed by atoms with van der Waals surface area (Å²) in [5.74, 6) is -0.581. The SMILES string of the molecule is CCc1ccc(F)cc1C(=O)NC(C)C.Cl. The summed E-state index contributed by atoms with van der Waals surface area (Å²) < 4.78 is 13.0. The predicted octanol–water partition coefficient (Wildman–Crippen LogP) is 2.95. The molecule has 0 heterocycles. The lowest BCUT2D eigenvalue weighted by atomic mass is 10.0. The van der Waals surface area contributed by atoms with Gasteiger partial charge in [-0.15, -0.1) is 12.4 Å². The zero-order chi connectivity index (χ0) is 11.4. The molecule has 0 aromatic heterocycles. The molecule has 0 atom stereocenters. The van der Waals surface area contributed by atoms with Gasteiger partial charge in [0.05, 0.1) is 0 Å². The summed E-state index contributed by atoms with van der Waals surface area (Å²) >= 11 is 0. The fourth-order valence-corrected chi connectivity index (χ4v) is 1.41. The minimum atomic E-state index is -0.374. The van der Waals surface area contributed by atoms with Gasteiger partial charge in [0.15, 0.2) is 0 Å². The fourth-order valence-electron chi connectivity index (χ4n) is 1.41. The van der Waals surface area contributed by atoms with Crippen LogP contribution >= 0.6 is 12.4 Å². The summed E-state index contributed by atoms with van der Waals surface area (Å²) in [7, 11) is 0. The second-order valence-corrected chi connectivity index (χ2v) is 3.78. The molecule has 0 aliphatic heterocycles. The third-order valence-corrected chi connectivity index (χ3v) is 2.12. The van der Waals surface area contributed by atoms with Crippen molar-refractivity contribution in [3.8, 4) is 0 Å². The maximum absolute atomic E-state index is 13.0. The van der Waals surface area contributed by atoms with Crippen molar-refractivity contribution in [2.45, 2.75) is 33.2 Å². The Bertz CT molecular complexity index is 366. The quantitative estimate of drug-likeness (QED) is 0.872. The van der Waals surface area contributed by atoms with E-state index in [2.05, 4.69) is 5.32 Å². The van der Waals surface area contributed by atoms with Crippen molar-refractivity contribution in [2.75, 3.05) is 0 Å². The van der Waals surface area contributed by atoms with E-state index in [1.807, 2.05) is 20.8 Å². The van der Waals surface area contributed by atoms with Crippen LogP contribution in [0.4, 0.5) is 4.39 Å². The van der Waals surface area contributed by atoms with E-state index in [0.29, 0.717) is 5.56 Å². The molecule has 0 saturated heterocycles. The highest BCUT2D eigenvalue weighted by Gasteiger charge is 2.11. The molecule has 0 unspecified atom stereocenters. The Hall–Kier alpha value is -1.09. The topological polar surface area (TPSA) is 29.1 Å². The lowest BCUT2D eigenvalue weighted by molar-refractivity contribution is 0.0941. The molecule has 0 fully saturated rings. The van der Waals surface area contributed by atoms with Crippen molar-refractivity contribution >= 4 is 18.3 Å². The summed E-state index contributed by atoms with van der Waals surface area (Å²) in [6.07, 6.45) is 0.723. The van der Waals surface area contributed by atoms with Gasteiger partial charge in [-0.2, -0.15) is 0 Å². The summed E-state index contributed by atoms with van der Waals surface area (Å²) in [6, 6.07) is 4.39. The van der Waals surface area contributed by atoms with Gasteiger partial charge in [0, 0.05) is 11.6 Å². The number of amides is 1. The van der Waals surface area contributed by atoms with Crippen molar-refractivity contribution in [2.24, 2.45) is 0 Å². The molecule has 1 N–H and O–H groups in total. The van der Waals surface area contributed by atoms with E-state index in [4.69, 9.17) is 0 Å². The van der Waals surface area contributed by atoms with Gasteiger partial charge in [0.2, 0.25) is 0 Å². The van der Waals surface area contributed by atoms with E-state index in [1.165, 1.54) is 12.1 Å². The van der Waals surface area contributed by atoms with E-state index in [1.54, 1.807) is 6.07 Å². The highest BCUT2D eigenvalue weighted by Crippen LogP contribution is 2.12. The molecule has 4 heteroatoms. The molecule has 2 nitrogen and oxygen atoms in total. The van der Waals surface area contributed by atoms with Crippen molar-refractivity contribution in [3.63, 3.8) is 0 Å². The van der Waals surface area contributed by atoms with Crippen LogP contribution in [0, 0.1) is 5.82 Å². The summed E-state index contributed by atoms with van der Waals surface area (Å²) in [4.78, 5) is 11.7. The number of carbonyl (C=O) groups is 1. The largest absolute Gasteiger partial charge is 0.350 e. The molecule has 16 heavy (non-hydrogen) atoms. The Morgan fingerprint density at radius 2 is 2.06 bits per heavy atom. The minimum absolute atomic E-state index is 0. The Labute approximate surface area is 102 Å². The number of nitrogens with one attached hydrogen (secondary N) is 1. The Balaban J connectivity index is 0.00000225. The van der Waals surface area contributed by atoms with Crippen LogP contribution in [0.15, 0.2) is 18.2 Å². The van der Waals surface area contributed by atoms with Crippen LogP contribution < -0.4 is 5.32 Å². The zero-order valence-corrected chi connectivity index (χ0v) is 10.5. The van der Waals surface area contributed by atoms with Gasteiger partial charge in [-0.05, 0) is 38.0 Å². The molecule has 0 aliphatic rings. The van der Waals surface area contributed by atoms with E-state index in [-0.39, 0.29) is 30.2 Å². The van der Waals surface area contributed by atoms with Crippen LogP contribution in [0.5, 0.6) is 0 Å². The number of hydrogen-bond donors (Lipinski definition) is 1. The highest BCUT2D eigenvalue weighted by atomic mass is 35.5. The average molecular weight is 246 g/mol. The van der Waals surface area contributed by atoms with Crippen molar-refractivity contribution < 1.29 is 9.18 Å². The zero-order valence-electron chi connectivity index (χ0n) is 9.71. The van der Waals surface area contributed by atoms with Crippen LogP contribution in [0.1, 0.15) is 36.7 Å².